The van der Waals surface area contributed by atoms with Crippen LogP contribution in [0.5, 0.6) is 0 Å². The lowest BCUT2D eigenvalue weighted by molar-refractivity contribution is -0.0355. The highest BCUT2D eigenvalue weighted by molar-refractivity contribution is 5.68. The molecular weight excluding hydrogens is 536 g/mol. The Hall–Kier alpha value is -3.38. The van der Waals surface area contributed by atoms with Gasteiger partial charge >= 0.3 is 12.2 Å². The number of amides is 2. The van der Waals surface area contributed by atoms with Crippen LogP contribution in [0.4, 0.5) is 27.2 Å². The van der Waals surface area contributed by atoms with Gasteiger partial charge in [-0.3, -0.25) is 0 Å². The maximum atomic E-state index is 12.9. The zero-order chi connectivity index (χ0) is 30.3. The highest BCUT2D eigenvalue weighted by Gasteiger charge is 2.31. The fraction of sp³-hybridized carbons (Fsp3) is 0.500. The van der Waals surface area contributed by atoms with Crippen LogP contribution in [0.25, 0.3) is 0 Å². The molecule has 0 aliphatic rings. The first-order valence-corrected chi connectivity index (χ1v) is 12.6. The molecule has 4 unspecified atom stereocenters. The molecule has 40 heavy (non-hydrogen) atoms. The van der Waals surface area contributed by atoms with Crippen molar-refractivity contribution in [1.29, 1.82) is 0 Å². The van der Waals surface area contributed by atoms with E-state index in [0.717, 1.165) is 25.0 Å². The zero-order valence-electron chi connectivity index (χ0n) is 23.0. The molecule has 0 spiro atoms. The standard InChI is InChI=1S/2C14H19F2NO3/c1-10(18)12(8-14(2,15)16)17-13(19)20-9-11-6-4-3-5-7-11;1-10(12(18)8-14(2,15)16)17-13(19)20-9-11-6-4-3-5-7-11/h2*3-7,10,12,18H,8-9H2,1-2H3,(H,17,19). The summed E-state index contributed by atoms with van der Waals surface area (Å²) in [5.74, 6) is -5.96. The average Bonchev–Trinajstić information content (AvgIpc) is 2.85. The van der Waals surface area contributed by atoms with Gasteiger partial charge in [0.2, 0.25) is 11.8 Å². The van der Waals surface area contributed by atoms with Gasteiger partial charge in [-0.2, -0.15) is 0 Å². The molecule has 8 nitrogen and oxygen atoms in total. The van der Waals surface area contributed by atoms with Crippen LogP contribution in [0.1, 0.15) is 51.7 Å². The van der Waals surface area contributed by atoms with E-state index in [4.69, 9.17) is 9.47 Å². The Morgan fingerprint density at radius 1 is 0.750 bits per heavy atom. The van der Waals surface area contributed by atoms with Gasteiger partial charge in [-0.05, 0) is 38.8 Å². The molecule has 0 aromatic heterocycles. The summed E-state index contributed by atoms with van der Waals surface area (Å²) in [7, 11) is 0. The van der Waals surface area contributed by atoms with E-state index in [1.807, 2.05) is 24.3 Å². The van der Waals surface area contributed by atoms with Crippen LogP contribution in [0.3, 0.4) is 0 Å². The number of benzene rings is 2. The Morgan fingerprint density at radius 3 is 1.52 bits per heavy atom. The molecule has 0 aliphatic heterocycles. The molecule has 2 rings (SSSR count). The maximum Gasteiger partial charge on any atom is 0.407 e. The van der Waals surface area contributed by atoms with Crippen molar-refractivity contribution in [2.75, 3.05) is 0 Å². The van der Waals surface area contributed by atoms with Gasteiger partial charge in [0.15, 0.2) is 0 Å². The second kappa shape index (κ2) is 16.7. The smallest absolute Gasteiger partial charge is 0.407 e. The van der Waals surface area contributed by atoms with E-state index in [9.17, 15) is 37.4 Å². The number of rotatable bonds is 12. The second-order valence-electron chi connectivity index (χ2n) is 9.66. The van der Waals surface area contributed by atoms with Crippen LogP contribution in [0.15, 0.2) is 60.7 Å². The molecule has 0 saturated carbocycles. The third-order valence-corrected chi connectivity index (χ3v) is 5.38. The summed E-state index contributed by atoms with van der Waals surface area (Å²) in [6.45, 7) is 4.37. The molecule has 2 amide bonds. The number of aliphatic hydroxyl groups excluding tert-OH is 2. The van der Waals surface area contributed by atoms with Crippen LogP contribution in [-0.2, 0) is 22.7 Å². The van der Waals surface area contributed by atoms with E-state index in [2.05, 4.69) is 10.6 Å². The molecule has 0 heterocycles. The van der Waals surface area contributed by atoms with Gasteiger partial charge in [-0.15, -0.1) is 0 Å². The fourth-order valence-corrected chi connectivity index (χ4v) is 3.24. The van der Waals surface area contributed by atoms with Gasteiger partial charge in [-0.25, -0.2) is 27.2 Å². The van der Waals surface area contributed by atoms with Gasteiger partial charge in [0, 0.05) is 12.8 Å². The minimum atomic E-state index is -2.98. The molecule has 4 N–H and O–H groups in total. The molecule has 224 valence electrons. The first-order chi connectivity index (χ1) is 18.6. The van der Waals surface area contributed by atoms with Crippen molar-refractivity contribution in [2.24, 2.45) is 0 Å². The number of nitrogens with one attached hydrogen (secondary N) is 2. The molecule has 12 heteroatoms. The van der Waals surface area contributed by atoms with E-state index in [1.165, 1.54) is 13.8 Å². The van der Waals surface area contributed by atoms with Crippen molar-refractivity contribution in [3.8, 4) is 0 Å². The van der Waals surface area contributed by atoms with Gasteiger partial charge in [0.1, 0.15) is 13.2 Å². The number of carbonyl (C=O) groups excluding carboxylic acids is 2. The number of halogens is 4. The van der Waals surface area contributed by atoms with E-state index in [1.54, 1.807) is 36.4 Å². The highest BCUT2D eigenvalue weighted by atomic mass is 19.3. The van der Waals surface area contributed by atoms with Crippen LogP contribution >= 0.6 is 0 Å². The van der Waals surface area contributed by atoms with Crippen molar-refractivity contribution in [2.45, 2.75) is 89.9 Å². The molecule has 0 fully saturated rings. The maximum absolute atomic E-state index is 12.9. The predicted molar refractivity (Wildman–Crippen MR) is 141 cm³/mol. The first kappa shape index (κ1) is 34.6. The lowest BCUT2D eigenvalue weighted by Crippen LogP contribution is -2.45. The number of alkyl halides is 4. The Kier molecular flexibility index (Phi) is 14.4. The molecular formula is C28H38F4N2O6. The fourth-order valence-electron chi connectivity index (χ4n) is 3.24. The monoisotopic (exact) mass is 574 g/mol. The first-order valence-electron chi connectivity index (χ1n) is 12.6. The number of ether oxygens (including phenoxy) is 2. The SMILES string of the molecule is CC(NC(=O)OCc1ccccc1)C(O)CC(C)(F)F.CC(O)C(CC(C)(F)F)NC(=O)OCc1ccccc1. The molecule has 4 atom stereocenters. The van der Waals surface area contributed by atoms with Gasteiger partial charge < -0.3 is 30.3 Å². The van der Waals surface area contributed by atoms with Crippen molar-refractivity contribution < 1.29 is 46.8 Å². The minimum absolute atomic E-state index is 0.0434. The quantitative estimate of drug-likeness (QED) is 0.252. The number of aliphatic hydroxyl groups is 2. The van der Waals surface area contributed by atoms with E-state index in [-0.39, 0.29) is 13.2 Å². The number of carbonyl (C=O) groups is 2. The second-order valence-corrected chi connectivity index (χ2v) is 9.66. The van der Waals surface area contributed by atoms with Crippen LogP contribution < -0.4 is 10.6 Å². The molecule has 0 bridgehead atoms. The molecule has 2 aromatic rings. The highest BCUT2D eigenvalue weighted by Crippen LogP contribution is 2.21. The zero-order valence-corrected chi connectivity index (χ0v) is 23.0. The third kappa shape index (κ3) is 16.6. The summed E-state index contributed by atoms with van der Waals surface area (Å²) in [5.41, 5.74) is 1.60. The Balaban J connectivity index is 0.000000400. The Labute approximate surface area is 231 Å². The van der Waals surface area contributed by atoms with Crippen molar-refractivity contribution >= 4 is 12.2 Å². The topological polar surface area (TPSA) is 117 Å². The summed E-state index contributed by atoms with van der Waals surface area (Å²) < 4.78 is 61.2. The molecule has 0 radical (unpaired) electrons. The number of hydrogen-bond donors (Lipinski definition) is 4. The molecule has 0 aliphatic carbocycles. The van der Waals surface area contributed by atoms with E-state index in [0.29, 0.717) is 0 Å². The third-order valence-electron chi connectivity index (χ3n) is 5.38. The van der Waals surface area contributed by atoms with E-state index >= 15 is 0 Å². The molecule has 0 saturated heterocycles. The number of alkyl carbamates (subject to hydrolysis) is 2. The normalized spacial score (nSPS) is 14.4. The van der Waals surface area contributed by atoms with Crippen LogP contribution in [0, 0.1) is 0 Å². The lowest BCUT2D eigenvalue weighted by atomic mass is 10.1. The van der Waals surface area contributed by atoms with Crippen LogP contribution in [-0.4, -0.2) is 58.5 Å². The lowest BCUT2D eigenvalue weighted by Gasteiger charge is -2.24. The predicted octanol–water partition coefficient (Wildman–Crippen LogP) is 5.42. The van der Waals surface area contributed by atoms with Gasteiger partial charge in [-0.1, -0.05) is 60.7 Å². The summed E-state index contributed by atoms with van der Waals surface area (Å²) >= 11 is 0. The summed E-state index contributed by atoms with van der Waals surface area (Å²) in [6, 6.07) is 16.2. The van der Waals surface area contributed by atoms with E-state index < -0.39 is 61.2 Å². The number of hydrogen-bond acceptors (Lipinski definition) is 6. The van der Waals surface area contributed by atoms with Crippen molar-refractivity contribution in [3.05, 3.63) is 71.8 Å². The largest absolute Gasteiger partial charge is 0.445 e. The van der Waals surface area contributed by atoms with Crippen LogP contribution in [0.2, 0.25) is 0 Å². The summed E-state index contributed by atoms with van der Waals surface area (Å²) in [4.78, 5) is 23.0. The molecule has 2 aromatic carbocycles. The summed E-state index contributed by atoms with van der Waals surface area (Å²) in [5, 5.41) is 23.5. The van der Waals surface area contributed by atoms with Crippen molar-refractivity contribution in [1.82, 2.24) is 10.6 Å². The van der Waals surface area contributed by atoms with Gasteiger partial charge in [0.25, 0.3) is 0 Å². The summed E-state index contributed by atoms with van der Waals surface area (Å²) in [6.07, 6.45) is -5.37. The Bertz CT molecular complexity index is 1000. The minimum Gasteiger partial charge on any atom is -0.445 e. The van der Waals surface area contributed by atoms with Crippen molar-refractivity contribution in [3.63, 3.8) is 0 Å². The Morgan fingerprint density at radius 2 is 1.15 bits per heavy atom. The van der Waals surface area contributed by atoms with Gasteiger partial charge in [0.05, 0.1) is 24.3 Å². The average molecular weight is 575 g/mol.